The van der Waals surface area contributed by atoms with Crippen molar-refractivity contribution in [1.29, 1.82) is 0 Å². The molecule has 0 spiro atoms. The zero-order chi connectivity index (χ0) is 13.7. The maximum absolute atomic E-state index is 5.52. The van der Waals surface area contributed by atoms with Crippen LogP contribution in [0.25, 0.3) is 0 Å². The van der Waals surface area contributed by atoms with Gasteiger partial charge in [0, 0.05) is 6.04 Å². The van der Waals surface area contributed by atoms with E-state index in [1.165, 1.54) is 43.2 Å². The highest BCUT2D eigenvalue weighted by Gasteiger charge is 2.23. The molecule has 1 aliphatic rings. The smallest absolute Gasteiger partial charge is 0.122 e. The number of aryl methyl sites for hydroxylation is 1. The second-order valence-electron chi connectivity index (χ2n) is 5.81. The molecule has 106 valence electrons. The summed E-state index contributed by atoms with van der Waals surface area (Å²) in [6, 6.07) is 7.18. The van der Waals surface area contributed by atoms with Crippen LogP contribution in [0, 0.1) is 12.8 Å². The molecule has 1 saturated carbocycles. The topological polar surface area (TPSA) is 21.3 Å². The van der Waals surface area contributed by atoms with Crippen molar-refractivity contribution in [1.82, 2.24) is 5.32 Å². The summed E-state index contributed by atoms with van der Waals surface area (Å²) in [4.78, 5) is 0. The van der Waals surface area contributed by atoms with Crippen LogP contribution in [0.15, 0.2) is 18.2 Å². The van der Waals surface area contributed by atoms with E-state index in [9.17, 15) is 0 Å². The van der Waals surface area contributed by atoms with Gasteiger partial charge in [0.1, 0.15) is 5.75 Å². The Morgan fingerprint density at radius 2 is 2.00 bits per heavy atom. The van der Waals surface area contributed by atoms with Gasteiger partial charge in [-0.05, 0) is 50.8 Å². The lowest BCUT2D eigenvalue weighted by molar-refractivity contribution is 0.342. The molecular weight excluding hydrogens is 234 g/mol. The lowest BCUT2D eigenvalue weighted by Gasteiger charge is -2.25. The van der Waals surface area contributed by atoms with E-state index in [0.29, 0.717) is 6.04 Å². The Morgan fingerprint density at radius 3 is 2.74 bits per heavy atom. The molecule has 1 fully saturated rings. The van der Waals surface area contributed by atoms with Crippen molar-refractivity contribution in [2.75, 3.05) is 14.2 Å². The molecule has 1 aromatic carbocycles. The van der Waals surface area contributed by atoms with Gasteiger partial charge in [0.05, 0.1) is 7.11 Å². The number of hydrogen-bond acceptors (Lipinski definition) is 2. The van der Waals surface area contributed by atoms with Crippen LogP contribution in [-0.4, -0.2) is 20.2 Å². The van der Waals surface area contributed by atoms with E-state index in [0.717, 1.165) is 18.1 Å². The molecule has 0 amide bonds. The third-order valence-electron chi connectivity index (χ3n) is 4.45. The van der Waals surface area contributed by atoms with Crippen LogP contribution >= 0.6 is 0 Å². The van der Waals surface area contributed by atoms with E-state index in [1.807, 2.05) is 0 Å². The van der Waals surface area contributed by atoms with Crippen LogP contribution in [0.1, 0.15) is 43.2 Å². The SMILES string of the molecule is CNC1CCCCCC1Cc1cc(C)ccc1OC. The van der Waals surface area contributed by atoms with Crippen LogP contribution in [0.4, 0.5) is 0 Å². The summed E-state index contributed by atoms with van der Waals surface area (Å²) in [7, 11) is 3.88. The first-order chi connectivity index (χ1) is 9.24. The third-order valence-corrected chi connectivity index (χ3v) is 4.45. The van der Waals surface area contributed by atoms with Crippen LogP contribution in [0.3, 0.4) is 0 Å². The standard InChI is InChI=1S/C17H27NO/c1-13-9-10-17(19-3)15(11-13)12-14-7-5-4-6-8-16(14)18-2/h9-11,14,16,18H,4-8,12H2,1-3H3. The van der Waals surface area contributed by atoms with E-state index in [1.54, 1.807) is 7.11 Å². The molecule has 0 aliphatic heterocycles. The highest BCUT2D eigenvalue weighted by atomic mass is 16.5. The van der Waals surface area contributed by atoms with Gasteiger partial charge in [-0.2, -0.15) is 0 Å². The summed E-state index contributed by atoms with van der Waals surface area (Å²) in [5.74, 6) is 1.79. The monoisotopic (exact) mass is 261 g/mol. The summed E-state index contributed by atoms with van der Waals surface area (Å²) < 4.78 is 5.52. The van der Waals surface area contributed by atoms with Gasteiger partial charge >= 0.3 is 0 Å². The molecule has 0 radical (unpaired) electrons. The molecule has 2 nitrogen and oxygen atoms in total. The van der Waals surface area contributed by atoms with E-state index in [-0.39, 0.29) is 0 Å². The van der Waals surface area contributed by atoms with Crippen LogP contribution in [-0.2, 0) is 6.42 Å². The molecule has 1 aliphatic carbocycles. The predicted molar refractivity (Wildman–Crippen MR) is 80.9 cm³/mol. The van der Waals surface area contributed by atoms with Crippen molar-refractivity contribution in [3.8, 4) is 5.75 Å². The highest BCUT2D eigenvalue weighted by molar-refractivity contribution is 5.37. The number of methoxy groups -OCH3 is 1. The summed E-state index contributed by atoms with van der Waals surface area (Å²) in [6.45, 7) is 2.16. The third kappa shape index (κ3) is 3.73. The van der Waals surface area contributed by atoms with Gasteiger partial charge in [0.15, 0.2) is 0 Å². The van der Waals surface area contributed by atoms with Crippen molar-refractivity contribution in [2.24, 2.45) is 5.92 Å². The number of hydrogen-bond donors (Lipinski definition) is 1. The molecule has 1 N–H and O–H groups in total. The average Bonchev–Trinajstić information content (AvgIpc) is 2.64. The van der Waals surface area contributed by atoms with Gasteiger partial charge in [-0.15, -0.1) is 0 Å². The zero-order valence-corrected chi connectivity index (χ0v) is 12.5. The van der Waals surface area contributed by atoms with E-state index >= 15 is 0 Å². The second kappa shape index (κ2) is 6.95. The highest BCUT2D eigenvalue weighted by Crippen LogP contribution is 2.30. The van der Waals surface area contributed by atoms with Crippen molar-refractivity contribution >= 4 is 0 Å². The Kier molecular flexibility index (Phi) is 5.26. The Balaban J connectivity index is 2.15. The van der Waals surface area contributed by atoms with Crippen molar-refractivity contribution in [2.45, 2.75) is 51.5 Å². The Bertz CT molecular complexity index is 402. The first-order valence-corrected chi connectivity index (χ1v) is 7.55. The van der Waals surface area contributed by atoms with Gasteiger partial charge in [-0.25, -0.2) is 0 Å². The minimum atomic E-state index is 0.660. The van der Waals surface area contributed by atoms with Gasteiger partial charge < -0.3 is 10.1 Å². The molecule has 0 saturated heterocycles. The maximum atomic E-state index is 5.52. The predicted octanol–water partition coefficient (Wildman–Crippen LogP) is 3.71. The first-order valence-electron chi connectivity index (χ1n) is 7.55. The summed E-state index contributed by atoms with van der Waals surface area (Å²) in [5.41, 5.74) is 2.69. The Labute approximate surface area is 117 Å². The molecule has 0 bridgehead atoms. The number of ether oxygens (including phenoxy) is 1. The number of benzene rings is 1. The fourth-order valence-corrected chi connectivity index (χ4v) is 3.36. The largest absolute Gasteiger partial charge is 0.496 e. The summed E-state index contributed by atoms with van der Waals surface area (Å²) >= 11 is 0. The van der Waals surface area contributed by atoms with Crippen LogP contribution in [0.2, 0.25) is 0 Å². The fourth-order valence-electron chi connectivity index (χ4n) is 3.36. The van der Waals surface area contributed by atoms with E-state index < -0.39 is 0 Å². The maximum Gasteiger partial charge on any atom is 0.122 e. The quantitative estimate of drug-likeness (QED) is 0.834. The molecular formula is C17H27NO. The molecule has 0 heterocycles. The molecule has 2 unspecified atom stereocenters. The lowest BCUT2D eigenvalue weighted by Crippen LogP contribution is -2.33. The molecule has 2 atom stereocenters. The minimum absolute atomic E-state index is 0.660. The first kappa shape index (κ1) is 14.4. The number of nitrogens with one attached hydrogen (secondary N) is 1. The van der Waals surface area contributed by atoms with Crippen LogP contribution < -0.4 is 10.1 Å². The summed E-state index contributed by atoms with van der Waals surface area (Å²) in [6.07, 6.45) is 7.91. The zero-order valence-electron chi connectivity index (χ0n) is 12.5. The van der Waals surface area contributed by atoms with E-state index in [2.05, 4.69) is 37.5 Å². The van der Waals surface area contributed by atoms with Gasteiger partial charge in [-0.3, -0.25) is 0 Å². The second-order valence-corrected chi connectivity index (χ2v) is 5.81. The van der Waals surface area contributed by atoms with Gasteiger partial charge in [-0.1, -0.05) is 37.0 Å². The Morgan fingerprint density at radius 1 is 1.21 bits per heavy atom. The lowest BCUT2D eigenvalue weighted by atomic mass is 9.87. The van der Waals surface area contributed by atoms with Crippen molar-refractivity contribution < 1.29 is 4.74 Å². The van der Waals surface area contributed by atoms with Gasteiger partial charge in [0.25, 0.3) is 0 Å². The van der Waals surface area contributed by atoms with Crippen LogP contribution in [0.5, 0.6) is 5.75 Å². The molecule has 2 heteroatoms. The molecule has 1 aromatic rings. The average molecular weight is 261 g/mol. The molecule has 0 aromatic heterocycles. The normalized spacial score (nSPS) is 23.9. The molecule has 2 rings (SSSR count). The van der Waals surface area contributed by atoms with Crippen molar-refractivity contribution in [3.63, 3.8) is 0 Å². The van der Waals surface area contributed by atoms with Gasteiger partial charge in [0.2, 0.25) is 0 Å². The Hall–Kier alpha value is -1.02. The fraction of sp³-hybridized carbons (Fsp3) is 0.647. The van der Waals surface area contributed by atoms with E-state index in [4.69, 9.17) is 4.74 Å². The number of rotatable bonds is 4. The molecule has 19 heavy (non-hydrogen) atoms. The van der Waals surface area contributed by atoms with Crippen molar-refractivity contribution in [3.05, 3.63) is 29.3 Å². The minimum Gasteiger partial charge on any atom is -0.496 e. The summed E-state index contributed by atoms with van der Waals surface area (Å²) in [5, 5.41) is 3.53.